The van der Waals surface area contributed by atoms with Crippen molar-refractivity contribution in [1.82, 2.24) is 15.5 Å². The smallest absolute Gasteiger partial charge is 0.322 e. The molecular weight excluding hydrogens is 404 g/mol. The van der Waals surface area contributed by atoms with E-state index in [1.807, 2.05) is 0 Å². The first-order valence-electron chi connectivity index (χ1n) is 10.2. The number of likely N-dealkylation sites (tertiary alicyclic amines) is 1. The number of nitrogens with zero attached hydrogens (tertiary/aromatic N) is 1. The molecular formula is C21H30N4O6. The predicted octanol–water partition coefficient (Wildman–Crippen LogP) is -0.405. The number of phenolic OH excluding ortho intramolecular Hbond substituents is 1. The van der Waals surface area contributed by atoms with Crippen LogP contribution in [-0.4, -0.2) is 70.0 Å². The van der Waals surface area contributed by atoms with Gasteiger partial charge in [-0.25, -0.2) is 0 Å². The van der Waals surface area contributed by atoms with Gasteiger partial charge in [0.25, 0.3) is 0 Å². The van der Waals surface area contributed by atoms with Crippen LogP contribution in [0.15, 0.2) is 24.3 Å². The molecule has 10 nitrogen and oxygen atoms in total. The third-order valence-corrected chi connectivity index (χ3v) is 5.26. The van der Waals surface area contributed by atoms with Gasteiger partial charge in [-0.05, 0) is 36.5 Å². The molecule has 1 aliphatic heterocycles. The van der Waals surface area contributed by atoms with E-state index in [4.69, 9.17) is 10.8 Å². The summed E-state index contributed by atoms with van der Waals surface area (Å²) in [4.78, 5) is 50.4. The van der Waals surface area contributed by atoms with Gasteiger partial charge in [-0.15, -0.1) is 0 Å². The fraction of sp³-hybridized carbons (Fsp3) is 0.524. The number of phenols is 1. The zero-order chi connectivity index (χ0) is 23.1. The molecule has 10 heteroatoms. The summed E-state index contributed by atoms with van der Waals surface area (Å²) in [5, 5.41) is 23.3. The van der Waals surface area contributed by atoms with Crippen LogP contribution in [-0.2, 0) is 25.6 Å². The van der Waals surface area contributed by atoms with Crippen LogP contribution in [0.2, 0.25) is 0 Å². The van der Waals surface area contributed by atoms with Crippen LogP contribution in [0.25, 0.3) is 0 Å². The van der Waals surface area contributed by atoms with Crippen LogP contribution in [0, 0.1) is 5.92 Å². The van der Waals surface area contributed by atoms with Gasteiger partial charge in [0, 0.05) is 13.0 Å². The number of aliphatic carboxylic acids is 1. The highest BCUT2D eigenvalue weighted by Gasteiger charge is 2.38. The van der Waals surface area contributed by atoms with E-state index in [0.717, 1.165) is 0 Å². The predicted molar refractivity (Wildman–Crippen MR) is 112 cm³/mol. The van der Waals surface area contributed by atoms with Crippen molar-refractivity contribution in [2.75, 3.05) is 13.1 Å². The maximum Gasteiger partial charge on any atom is 0.322 e. The number of nitrogens with one attached hydrogen (secondary N) is 2. The third kappa shape index (κ3) is 6.68. The molecule has 0 saturated carbocycles. The van der Waals surface area contributed by atoms with E-state index >= 15 is 0 Å². The molecule has 0 aliphatic carbocycles. The first kappa shape index (κ1) is 24.1. The molecule has 0 radical (unpaired) electrons. The first-order valence-corrected chi connectivity index (χ1v) is 10.2. The number of amides is 3. The molecule has 1 saturated heterocycles. The Morgan fingerprint density at radius 2 is 1.84 bits per heavy atom. The fourth-order valence-electron chi connectivity index (χ4n) is 3.42. The maximum atomic E-state index is 13.3. The van der Waals surface area contributed by atoms with E-state index in [-0.39, 0.29) is 18.1 Å². The highest BCUT2D eigenvalue weighted by atomic mass is 16.4. The lowest BCUT2D eigenvalue weighted by molar-refractivity contribution is -0.143. The average molecular weight is 434 g/mol. The summed E-state index contributed by atoms with van der Waals surface area (Å²) in [6.07, 6.45) is 1.14. The lowest BCUT2D eigenvalue weighted by Crippen LogP contribution is -2.57. The Kier molecular flexibility index (Phi) is 8.38. The molecule has 1 aromatic carbocycles. The van der Waals surface area contributed by atoms with Gasteiger partial charge in [0.2, 0.25) is 17.7 Å². The first-order chi connectivity index (χ1) is 14.6. The van der Waals surface area contributed by atoms with E-state index in [1.54, 1.807) is 26.0 Å². The number of carboxylic acid groups (broad SMARTS) is 1. The molecule has 0 bridgehead atoms. The number of rotatable bonds is 9. The maximum absolute atomic E-state index is 13.3. The van der Waals surface area contributed by atoms with Crippen molar-refractivity contribution in [3.63, 3.8) is 0 Å². The van der Waals surface area contributed by atoms with E-state index in [0.29, 0.717) is 24.9 Å². The van der Waals surface area contributed by atoms with E-state index in [9.17, 15) is 24.3 Å². The van der Waals surface area contributed by atoms with Crippen LogP contribution in [0.1, 0.15) is 32.3 Å². The lowest BCUT2D eigenvalue weighted by atomic mass is 10.0. The van der Waals surface area contributed by atoms with E-state index in [1.165, 1.54) is 17.0 Å². The summed E-state index contributed by atoms with van der Waals surface area (Å²) in [7, 11) is 0. The molecule has 1 aliphatic rings. The van der Waals surface area contributed by atoms with Crippen molar-refractivity contribution >= 4 is 23.7 Å². The van der Waals surface area contributed by atoms with Crippen LogP contribution in [0.3, 0.4) is 0 Å². The van der Waals surface area contributed by atoms with Crippen LogP contribution in [0.4, 0.5) is 0 Å². The molecule has 3 unspecified atom stereocenters. The molecule has 170 valence electrons. The molecule has 0 aromatic heterocycles. The summed E-state index contributed by atoms with van der Waals surface area (Å²) >= 11 is 0. The van der Waals surface area contributed by atoms with Crippen molar-refractivity contribution < 1.29 is 29.4 Å². The quantitative estimate of drug-likeness (QED) is 0.353. The van der Waals surface area contributed by atoms with Gasteiger partial charge < -0.3 is 31.5 Å². The molecule has 3 atom stereocenters. The lowest BCUT2D eigenvalue weighted by Gasteiger charge is -2.29. The van der Waals surface area contributed by atoms with Crippen molar-refractivity contribution in [2.24, 2.45) is 11.7 Å². The molecule has 2 rings (SSSR count). The Morgan fingerprint density at radius 1 is 1.19 bits per heavy atom. The minimum Gasteiger partial charge on any atom is -0.508 e. The van der Waals surface area contributed by atoms with Gasteiger partial charge in [-0.2, -0.15) is 0 Å². The highest BCUT2D eigenvalue weighted by Crippen LogP contribution is 2.20. The number of hydrogen-bond acceptors (Lipinski definition) is 6. The second-order valence-electron chi connectivity index (χ2n) is 8.00. The Morgan fingerprint density at radius 3 is 2.42 bits per heavy atom. The Hall–Kier alpha value is -3.14. The van der Waals surface area contributed by atoms with Crippen molar-refractivity contribution in [1.29, 1.82) is 0 Å². The Labute approximate surface area is 180 Å². The number of carboxylic acids is 1. The van der Waals surface area contributed by atoms with E-state index < -0.39 is 48.4 Å². The zero-order valence-electron chi connectivity index (χ0n) is 17.7. The molecule has 1 aromatic rings. The highest BCUT2D eigenvalue weighted by molar-refractivity contribution is 5.94. The van der Waals surface area contributed by atoms with Crippen LogP contribution in [0.5, 0.6) is 5.75 Å². The number of carbonyl (C=O) groups is 4. The fourth-order valence-corrected chi connectivity index (χ4v) is 3.42. The van der Waals surface area contributed by atoms with Gasteiger partial charge in [0.1, 0.15) is 24.4 Å². The summed E-state index contributed by atoms with van der Waals surface area (Å²) < 4.78 is 0. The molecule has 0 spiro atoms. The monoisotopic (exact) mass is 434 g/mol. The Bertz CT molecular complexity index is 811. The van der Waals surface area contributed by atoms with Crippen molar-refractivity contribution in [2.45, 2.75) is 51.2 Å². The summed E-state index contributed by atoms with van der Waals surface area (Å²) in [5.41, 5.74) is 6.64. The van der Waals surface area contributed by atoms with Gasteiger partial charge in [-0.1, -0.05) is 26.0 Å². The third-order valence-electron chi connectivity index (χ3n) is 5.26. The van der Waals surface area contributed by atoms with Crippen LogP contribution < -0.4 is 16.4 Å². The van der Waals surface area contributed by atoms with Crippen LogP contribution >= 0.6 is 0 Å². The van der Waals surface area contributed by atoms with Gasteiger partial charge in [0.15, 0.2) is 0 Å². The summed E-state index contributed by atoms with van der Waals surface area (Å²) in [6, 6.07) is 3.69. The summed E-state index contributed by atoms with van der Waals surface area (Å²) in [5.74, 6) is -2.69. The molecule has 3 amide bonds. The van der Waals surface area contributed by atoms with E-state index in [2.05, 4.69) is 10.6 Å². The second kappa shape index (κ2) is 10.8. The zero-order valence-corrected chi connectivity index (χ0v) is 17.7. The van der Waals surface area contributed by atoms with Gasteiger partial charge in [-0.3, -0.25) is 19.2 Å². The molecule has 31 heavy (non-hydrogen) atoms. The largest absolute Gasteiger partial charge is 0.508 e. The SMILES string of the molecule is CC(C)C(N)C(=O)NC(Cc1ccc(O)cc1)C(=O)N1CCCC1C(=O)NCC(=O)O. The molecule has 1 heterocycles. The second-order valence-corrected chi connectivity index (χ2v) is 8.00. The number of nitrogens with two attached hydrogens (primary N) is 1. The van der Waals surface area contributed by atoms with Gasteiger partial charge >= 0.3 is 5.97 Å². The van der Waals surface area contributed by atoms with Gasteiger partial charge in [0.05, 0.1) is 6.04 Å². The standard InChI is InChI=1S/C21H30N4O6/c1-12(2)18(22)20(30)24-15(10-13-5-7-14(26)8-6-13)21(31)25-9-3-4-16(25)19(29)23-11-17(27)28/h5-8,12,15-16,18,26H,3-4,9-11,22H2,1-2H3,(H,23,29)(H,24,30)(H,27,28). The minimum absolute atomic E-state index is 0.0761. The minimum atomic E-state index is -1.18. The number of hydrogen-bond donors (Lipinski definition) is 5. The summed E-state index contributed by atoms with van der Waals surface area (Å²) in [6.45, 7) is 3.38. The topological polar surface area (TPSA) is 162 Å². The average Bonchev–Trinajstić information content (AvgIpc) is 3.21. The normalized spacial score (nSPS) is 17.8. The molecule has 6 N–H and O–H groups in total. The number of aromatic hydroxyl groups is 1. The van der Waals surface area contributed by atoms with Crippen molar-refractivity contribution in [3.05, 3.63) is 29.8 Å². The molecule has 1 fully saturated rings. The number of benzene rings is 1. The Balaban J connectivity index is 2.20. The van der Waals surface area contributed by atoms with Crippen molar-refractivity contribution in [3.8, 4) is 5.75 Å². The number of carbonyl (C=O) groups excluding carboxylic acids is 3.